The van der Waals surface area contributed by atoms with Crippen molar-refractivity contribution in [2.75, 3.05) is 6.61 Å². The van der Waals surface area contributed by atoms with Crippen LogP contribution in [0.4, 0.5) is 0 Å². The molecule has 0 spiro atoms. The molecule has 1 unspecified atom stereocenters. The molecule has 117 valence electrons. The van der Waals surface area contributed by atoms with Gasteiger partial charge < -0.3 is 13.9 Å². The van der Waals surface area contributed by atoms with Crippen LogP contribution in [0.15, 0.2) is 39.5 Å². The van der Waals surface area contributed by atoms with Gasteiger partial charge in [0.05, 0.1) is 12.7 Å². The molecule has 1 heterocycles. The van der Waals surface area contributed by atoms with E-state index < -0.39 is 0 Å². The summed E-state index contributed by atoms with van der Waals surface area (Å²) in [7, 11) is 0. The molecule has 1 atom stereocenters. The monoisotopic (exact) mass is 303 g/mol. The molecule has 1 radical (unpaired) electrons. The third kappa shape index (κ3) is 4.91. The van der Waals surface area contributed by atoms with Crippen LogP contribution >= 0.6 is 0 Å². The predicted octanol–water partition coefficient (Wildman–Crippen LogP) is 3.20. The Balaban J connectivity index is 1.73. The molecule has 2 aromatic rings. The van der Waals surface area contributed by atoms with Crippen LogP contribution in [0, 0.1) is 0 Å². The van der Waals surface area contributed by atoms with E-state index in [9.17, 15) is 9.59 Å². The van der Waals surface area contributed by atoms with Crippen molar-refractivity contribution < 1.29 is 18.7 Å². The van der Waals surface area contributed by atoms with E-state index in [1.54, 1.807) is 12.1 Å². The molecule has 2 rings (SSSR count). The molecule has 22 heavy (non-hydrogen) atoms. The molecule has 1 aromatic carbocycles. The maximum absolute atomic E-state index is 11.2. The molecule has 0 fully saturated rings. The predicted molar refractivity (Wildman–Crippen MR) is 82.7 cm³/mol. The minimum Gasteiger partial charge on any atom is -0.493 e. The normalized spacial score (nSPS) is 12.0. The van der Waals surface area contributed by atoms with Gasteiger partial charge in [0.1, 0.15) is 11.3 Å². The van der Waals surface area contributed by atoms with Crippen molar-refractivity contribution in [1.29, 1.82) is 0 Å². The number of hydrogen-bond acceptors (Lipinski definition) is 5. The average molecular weight is 303 g/mol. The van der Waals surface area contributed by atoms with Crippen molar-refractivity contribution in [2.24, 2.45) is 0 Å². The van der Waals surface area contributed by atoms with Crippen molar-refractivity contribution in [3.63, 3.8) is 0 Å². The van der Waals surface area contributed by atoms with E-state index in [0.29, 0.717) is 17.9 Å². The molecular formula is C17H19O5. The van der Waals surface area contributed by atoms with E-state index in [4.69, 9.17) is 13.9 Å². The number of unbranched alkanes of at least 4 members (excludes halogenated alkanes) is 2. The molecule has 1 aromatic heterocycles. The van der Waals surface area contributed by atoms with Crippen LogP contribution in [-0.2, 0) is 9.53 Å². The van der Waals surface area contributed by atoms with E-state index in [2.05, 4.69) is 0 Å². The van der Waals surface area contributed by atoms with Crippen LogP contribution in [-0.4, -0.2) is 19.2 Å². The Morgan fingerprint density at radius 3 is 2.82 bits per heavy atom. The van der Waals surface area contributed by atoms with Gasteiger partial charge in [-0.05, 0) is 50.8 Å². The first-order chi connectivity index (χ1) is 10.7. The fourth-order valence-corrected chi connectivity index (χ4v) is 2.17. The molecule has 0 aliphatic heterocycles. The second kappa shape index (κ2) is 8.22. The smallest absolute Gasteiger partial charge is 0.417 e. The Morgan fingerprint density at radius 2 is 2.00 bits per heavy atom. The molecule has 5 heteroatoms. The summed E-state index contributed by atoms with van der Waals surface area (Å²) in [4.78, 5) is 21.2. The molecule has 0 N–H and O–H groups in total. The second-order valence-electron chi connectivity index (χ2n) is 5.16. The first-order valence-corrected chi connectivity index (χ1v) is 7.38. The lowest BCUT2D eigenvalue weighted by Gasteiger charge is -2.09. The summed E-state index contributed by atoms with van der Waals surface area (Å²) >= 11 is 0. The van der Waals surface area contributed by atoms with Crippen molar-refractivity contribution in [3.8, 4) is 5.75 Å². The minimum absolute atomic E-state index is 0.0817. The first-order valence-electron chi connectivity index (χ1n) is 7.38. The number of carbonyl (C=O) groups excluding carboxylic acids is 1. The molecule has 5 nitrogen and oxygen atoms in total. The zero-order chi connectivity index (χ0) is 15.8. The Labute approximate surface area is 128 Å². The topological polar surface area (TPSA) is 65.7 Å². The average Bonchev–Trinajstić information content (AvgIpc) is 2.50. The van der Waals surface area contributed by atoms with E-state index in [-0.39, 0.29) is 11.7 Å². The molecular weight excluding hydrogens is 284 g/mol. The van der Waals surface area contributed by atoms with Crippen LogP contribution in [0.2, 0.25) is 0 Å². The van der Waals surface area contributed by atoms with Crippen LogP contribution in [0.5, 0.6) is 5.75 Å². The standard InChI is InChI=1S/C17H19O5/c1-13(21-12-18)5-3-2-4-10-20-15-8-6-14-7-9-17(19)22-16(14)11-15/h6-9,11,13H,2-5,10H2,1H3. The lowest BCUT2D eigenvalue weighted by molar-refractivity contribution is 0.180. The van der Waals surface area contributed by atoms with Gasteiger partial charge in [0, 0.05) is 17.5 Å². The highest BCUT2D eigenvalue weighted by molar-refractivity contribution is 5.77. The fraction of sp³-hybridized carbons (Fsp3) is 0.412. The van der Waals surface area contributed by atoms with E-state index >= 15 is 0 Å². The van der Waals surface area contributed by atoms with Gasteiger partial charge in [0.25, 0.3) is 0 Å². The second-order valence-corrected chi connectivity index (χ2v) is 5.16. The summed E-state index contributed by atoms with van der Waals surface area (Å²) in [5.74, 6) is 0.689. The molecule has 0 amide bonds. The largest absolute Gasteiger partial charge is 0.493 e. The zero-order valence-corrected chi connectivity index (χ0v) is 12.5. The maximum Gasteiger partial charge on any atom is 0.417 e. The Kier molecular flexibility index (Phi) is 6.01. The summed E-state index contributed by atoms with van der Waals surface area (Å²) < 4.78 is 15.5. The van der Waals surface area contributed by atoms with Crippen LogP contribution in [0.1, 0.15) is 32.6 Å². The van der Waals surface area contributed by atoms with Gasteiger partial charge in [-0.3, -0.25) is 0 Å². The lowest BCUT2D eigenvalue weighted by atomic mass is 10.1. The number of benzene rings is 1. The summed E-state index contributed by atoms with van der Waals surface area (Å²) in [6.07, 6.45) is 3.63. The van der Waals surface area contributed by atoms with Crippen molar-refractivity contribution in [3.05, 3.63) is 40.8 Å². The fourth-order valence-electron chi connectivity index (χ4n) is 2.17. The molecule has 0 aliphatic rings. The molecule has 0 saturated carbocycles. The van der Waals surface area contributed by atoms with Gasteiger partial charge in [0.15, 0.2) is 0 Å². The van der Waals surface area contributed by atoms with Gasteiger partial charge in [-0.2, -0.15) is 0 Å². The Bertz CT molecular complexity index is 661. The minimum atomic E-state index is -0.367. The summed E-state index contributed by atoms with van der Waals surface area (Å²) in [5, 5.41) is 0.868. The quantitative estimate of drug-likeness (QED) is 0.525. The van der Waals surface area contributed by atoms with E-state index in [1.807, 2.05) is 19.1 Å². The van der Waals surface area contributed by atoms with Crippen molar-refractivity contribution >= 4 is 17.4 Å². The van der Waals surface area contributed by atoms with E-state index in [1.165, 1.54) is 12.5 Å². The Morgan fingerprint density at radius 1 is 1.18 bits per heavy atom. The third-order valence-electron chi connectivity index (χ3n) is 3.37. The molecule has 0 saturated heterocycles. The lowest BCUT2D eigenvalue weighted by Crippen LogP contribution is -2.06. The number of ether oxygens (including phenoxy) is 2. The zero-order valence-electron chi connectivity index (χ0n) is 12.5. The molecule has 0 bridgehead atoms. The highest BCUT2D eigenvalue weighted by atomic mass is 16.5. The third-order valence-corrected chi connectivity index (χ3v) is 3.37. The van der Waals surface area contributed by atoms with Gasteiger partial charge in [-0.25, -0.2) is 9.59 Å². The van der Waals surface area contributed by atoms with Gasteiger partial charge in [-0.1, -0.05) is 0 Å². The van der Waals surface area contributed by atoms with Crippen LogP contribution in [0.25, 0.3) is 11.0 Å². The Hall–Kier alpha value is -2.30. The first kappa shape index (κ1) is 16.1. The summed E-state index contributed by atoms with van der Waals surface area (Å²) in [6, 6.07) is 8.58. The summed E-state index contributed by atoms with van der Waals surface area (Å²) in [6.45, 7) is 3.90. The number of rotatable bonds is 9. The van der Waals surface area contributed by atoms with Crippen LogP contribution < -0.4 is 10.4 Å². The summed E-state index contributed by atoms with van der Waals surface area (Å²) in [5.41, 5.74) is 0.162. The van der Waals surface area contributed by atoms with Crippen molar-refractivity contribution in [1.82, 2.24) is 0 Å². The van der Waals surface area contributed by atoms with Gasteiger partial charge in [0.2, 0.25) is 0 Å². The molecule has 0 aliphatic carbocycles. The maximum atomic E-state index is 11.2. The van der Waals surface area contributed by atoms with Gasteiger partial charge in [-0.15, -0.1) is 0 Å². The van der Waals surface area contributed by atoms with Crippen molar-refractivity contribution in [2.45, 2.75) is 38.7 Å². The SMILES string of the molecule is CC(CCCCCOc1ccc2ccc(=O)oc2c1)O[C]=O. The van der Waals surface area contributed by atoms with Crippen LogP contribution in [0.3, 0.4) is 0 Å². The highest BCUT2D eigenvalue weighted by Gasteiger charge is 2.03. The van der Waals surface area contributed by atoms with Gasteiger partial charge >= 0.3 is 12.1 Å². The number of hydrogen-bond donors (Lipinski definition) is 0. The highest BCUT2D eigenvalue weighted by Crippen LogP contribution is 2.19. The number of fused-ring (bicyclic) bond motifs is 1. The van der Waals surface area contributed by atoms with E-state index in [0.717, 1.165) is 31.1 Å².